The van der Waals surface area contributed by atoms with E-state index < -0.39 is 0 Å². The molecule has 0 fully saturated rings. The molecule has 0 aliphatic carbocycles. The molecule has 0 saturated carbocycles. The minimum atomic E-state index is 0.709. The fourth-order valence-corrected chi connectivity index (χ4v) is 3.51. The summed E-state index contributed by atoms with van der Waals surface area (Å²) in [6.07, 6.45) is 0. The monoisotopic (exact) mass is 388 g/mol. The van der Waals surface area contributed by atoms with Crippen LogP contribution in [0, 0.1) is 0 Å². The Morgan fingerprint density at radius 3 is 0.667 bits per heavy atom. The molecule has 5 rings (SSSR count). The predicted molar refractivity (Wildman–Crippen MR) is 122 cm³/mol. The van der Waals surface area contributed by atoms with Crippen LogP contribution in [0.1, 0.15) is 22.3 Å². The Morgan fingerprint density at radius 2 is 0.467 bits per heavy atom. The SMILES string of the molecule is c1ccc(C2=C(c3ccccc3)OC(c3ccccc3)=C(c3ccccc3)O2)cc1. The lowest BCUT2D eigenvalue weighted by molar-refractivity contribution is 0.381. The molecular formula is C28H20O2. The summed E-state index contributed by atoms with van der Waals surface area (Å²) < 4.78 is 13.3. The smallest absolute Gasteiger partial charge is 0.178 e. The Kier molecular flexibility index (Phi) is 4.89. The topological polar surface area (TPSA) is 18.5 Å². The van der Waals surface area contributed by atoms with Gasteiger partial charge in [0, 0.05) is 22.3 Å². The maximum Gasteiger partial charge on any atom is 0.178 e. The molecule has 4 aromatic rings. The summed E-state index contributed by atoms with van der Waals surface area (Å²) in [7, 11) is 0. The first-order chi connectivity index (χ1) is 14.9. The van der Waals surface area contributed by atoms with E-state index in [4.69, 9.17) is 9.47 Å². The van der Waals surface area contributed by atoms with Gasteiger partial charge < -0.3 is 9.47 Å². The second-order valence-corrected chi connectivity index (χ2v) is 6.98. The van der Waals surface area contributed by atoms with Gasteiger partial charge in [0.25, 0.3) is 0 Å². The minimum Gasteiger partial charge on any atom is -0.448 e. The third-order valence-electron chi connectivity index (χ3n) is 4.96. The normalized spacial score (nSPS) is 13.6. The summed E-state index contributed by atoms with van der Waals surface area (Å²) in [5.74, 6) is 2.83. The van der Waals surface area contributed by atoms with Crippen LogP contribution in [0.15, 0.2) is 121 Å². The number of benzene rings is 4. The summed E-state index contributed by atoms with van der Waals surface area (Å²) in [5.41, 5.74) is 3.88. The van der Waals surface area contributed by atoms with Crippen LogP contribution in [-0.2, 0) is 9.47 Å². The Morgan fingerprint density at radius 1 is 0.267 bits per heavy atom. The van der Waals surface area contributed by atoms with E-state index in [0.717, 1.165) is 22.3 Å². The quantitative estimate of drug-likeness (QED) is 0.372. The van der Waals surface area contributed by atoms with Gasteiger partial charge in [-0.3, -0.25) is 0 Å². The molecule has 0 spiro atoms. The molecule has 0 unspecified atom stereocenters. The van der Waals surface area contributed by atoms with Crippen molar-refractivity contribution in [3.05, 3.63) is 144 Å². The lowest BCUT2D eigenvalue weighted by atomic mass is 10.0. The zero-order valence-electron chi connectivity index (χ0n) is 16.4. The molecule has 2 heteroatoms. The van der Waals surface area contributed by atoms with E-state index in [2.05, 4.69) is 0 Å². The first kappa shape index (κ1) is 18.0. The van der Waals surface area contributed by atoms with Crippen molar-refractivity contribution in [2.45, 2.75) is 0 Å². The number of hydrogen-bond donors (Lipinski definition) is 0. The van der Waals surface area contributed by atoms with Gasteiger partial charge in [0.2, 0.25) is 0 Å². The van der Waals surface area contributed by atoms with Crippen LogP contribution in [-0.4, -0.2) is 0 Å². The lowest BCUT2D eigenvalue weighted by Crippen LogP contribution is -2.09. The molecule has 0 amide bonds. The summed E-state index contributed by atoms with van der Waals surface area (Å²) in [5, 5.41) is 0. The average molecular weight is 388 g/mol. The highest BCUT2D eigenvalue weighted by molar-refractivity contribution is 5.97. The van der Waals surface area contributed by atoms with Crippen molar-refractivity contribution in [3.63, 3.8) is 0 Å². The van der Waals surface area contributed by atoms with E-state index in [1.54, 1.807) is 0 Å². The minimum absolute atomic E-state index is 0.709. The molecule has 2 nitrogen and oxygen atoms in total. The van der Waals surface area contributed by atoms with Crippen LogP contribution in [0.4, 0.5) is 0 Å². The Hall–Kier alpha value is -4.04. The van der Waals surface area contributed by atoms with Gasteiger partial charge in [-0.05, 0) is 0 Å². The predicted octanol–water partition coefficient (Wildman–Crippen LogP) is 7.09. The molecule has 0 bridgehead atoms. The van der Waals surface area contributed by atoms with Gasteiger partial charge in [-0.2, -0.15) is 0 Å². The summed E-state index contributed by atoms with van der Waals surface area (Å²) in [4.78, 5) is 0. The van der Waals surface area contributed by atoms with Gasteiger partial charge in [-0.15, -0.1) is 0 Å². The first-order valence-electron chi connectivity index (χ1n) is 9.96. The van der Waals surface area contributed by atoms with Gasteiger partial charge in [0.05, 0.1) is 0 Å². The zero-order chi connectivity index (χ0) is 20.2. The van der Waals surface area contributed by atoms with Gasteiger partial charge in [0.1, 0.15) is 0 Å². The molecule has 1 aliphatic heterocycles. The molecule has 144 valence electrons. The first-order valence-corrected chi connectivity index (χ1v) is 9.96. The third-order valence-corrected chi connectivity index (χ3v) is 4.96. The van der Waals surface area contributed by atoms with Crippen LogP contribution < -0.4 is 0 Å². The summed E-state index contributed by atoms with van der Waals surface area (Å²) in [6.45, 7) is 0. The lowest BCUT2D eigenvalue weighted by Gasteiger charge is -2.27. The maximum atomic E-state index is 6.63. The van der Waals surface area contributed by atoms with Crippen molar-refractivity contribution in [2.75, 3.05) is 0 Å². The van der Waals surface area contributed by atoms with E-state index >= 15 is 0 Å². The highest BCUT2D eigenvalue weighted by atomic mass is 16.6. The molecule has 1 heterocycles. The molecule has 0 aromatic heterocycles. The molecule has 0 N–H and O–H groups in total. The fourth-order valence-electron chi connectivity index (χ4n) is 3.51. The summed E-state index contributed by atoms with van der Waals surface area (Å²) >= 11 is 0. The zero-order valence-corrected chi connectivity index (χ0v) is 16.4. The van der Waals surface area contributed by atoms with Gasteiger partial charge in [0.15, 0.2) is 23.0 Å². The van der Waals surface area contributed by atoms with Gasteiger partial charge >= 0.3 is 0 Å². The second kappa shape index (κ2) is 8.14. The summed E-state index contributed by atoms with van der Waals surface area (Å²) in [6, 6.07) is 40.4. The molecule has 1 aliphatic rings. The van der Waals surface area contributed by atoms with Crippen molar-refractivity contribution in [2.24, 2.45) is 0 Å². The molecule has 30 heavy (non-hydrogen) atoms. The van der Waals surface area contributed by atoms with Crippen molar-refractivity contribution >= 4 is 23.0 Å². The Labute approximate surface area is 176 Å². The van der Waals surface area contributed by atoms with Crippen LogP contribution in [0.25, 0.3) is 23.0 Å². The van der Waals surface area contributed by atoms with E-state index in [0.29, 0.717) is 23.0 Å². The van der Waals surface area contributed by atoms with Crippen LogP contribution in [0.3, 0.4) is 0 Å². The molecule has 0 atom stereocenters. The molecular weight excluding hydrogens is 368 g/mol. The number of ether oxygens (including phenoxy) is 2. The molecule has 0 saturated heterocycles. The standard InChI is InChI=1S/C28H20O2/c1-5-13-21(14-6-1)25-26(22-15-7-2-8-16-22)30-28(24-19-11-4-12-20-24)27(29-25)23-17-9-3-10-18-23/h1-20H. The van der Waals surface area contributed by atoms with Crippen LogP contribution >= 0.6 is 0 Å². The van der Waals surface area contributed by atoms with Crippen molar-refractivity contribution in [3.8, 4) is 0 Å². The molecule has 4 aromatic carbocycles. The molecule has 0 radical (unpaired) electrons. The third kappa shape index (κ3) is 3.51. The largest absolute Gasteiger partial charge is 0.448 e. The highest BCUT2D eigenvalue weighted by Gasteiger charge is 2.28. The van der Waals surface area contributed by atoms with E-state index in [1.807, 2.05) is 121 Å². The fraction of sp³-hybridized carbons (Fsp3) is 0. The van der Waals surface area contributed by atoms with E-state index in [9.17, 15) is 0 Å². The number of hydrogen-bond acceptors (Lipinski definition) is 2. The maximum absolute atomic E-state index is 6.63. The number of rotatable bonds is 4. The highest BCUT2D eigenvalue weighted by Crippen LogP contribution is 2.43. The van der Waals surface area contributed by atoms with E-state index in [-0.39, 0.29) is 0 Å². The van der Waals surface area contributed by atoms with E-state index in [1.165, 1.54) is 0 Å². The van der Waals surface area contributed by atoms with Crippen LogP contribution in [0.5, 0.6) is 0 Å². The average Bonchev–Trinajstić information content (AvgIpc) is 2.85. The van der Waals surface area contributed by atoms with Crippen molar-refractivity contribution in [1.82, 2.24) is 0 Å². The van der Waals surface area contributed by atoms with Crippen molar-refractivity contribution < 1.29 is 9.47 Å². The van der Waals surface area contributed by atoms with Gasteiger partial charge in [-0.25, -0.2) is 0 Å². The Bertz CT molecular complexity index is 999. The second-order valence-electron chi connectivity index (χ2n) is 6.98. The van der Waals surface area contributed by atoms with Gasteiger partial charge in [-0.1, -0.05) is 121 Å². The Balaban J connectivity index is 1.72. The van der Waals surface area contributed by atoms with Crippen LogP contribution in [0.2, 0.25) is 0 Å². The van der Waals surface area contributed by atoms with Crippen molar-refractivity contribution in [1.29, 1.82) is 0 Å².